The fourth-order valence-electron chi connectivity index (χ4n) is 3.80. The second kappa shape index (κ2) is 7.83. The molecule has 0 spiro atoms. The molecule has 3 rings (SSSR count). The van der Waals surface area contributed by atoms with Gasteiger partial charge in [-0.05, 0) is 18.6 Å². The Balaban J connectivity index is 1.73. The van der Waals surface area contributed by atoms with Crippen molar-refractivity contribution in [3.05, 3.63) is 30.3 Å². The van der Waals surface area contributed by atoms with E-state index in [1.54, 1.807) is 0 Å². The summed E-state index contributed by atoms with van der Waals surface area (Å²) in [5, 5.41) is 28.7. The smallest absolute Gasteiger partial charge is 0.408 e. The molecule has 3 atom stereocenters. The minimum Gasteiger partial charge on any atom is -0.481 e. The van der Waals surface area contributed by atoms with Gasteiger partial charge in [-0.1, -0.05) is 18.2 Å². The molecule has 1 aromatic carbocycles. The highest BCUT2D eigenvalue weighted by atomic mass is 16.4. The Morgan fingerprint density at radius 1 is 0.963 bits per heavy atom. The number of aliphatic hydroxyl groups is 1. The third-order valence-corrected chi connectivity index (χ3v) is 5.18. The second-order valence-electron chi connectivity index (χ2n) is 6.86. The van der Waals surface area contributed by atoms with Gasteiger partial charge in [-0.25, -0.2) is 4.79 Å². The number of carbonyl (C=O) groups is 3. The number of aliphatic hydroxyl groups excluding tert-OH is 1. The van der Waals surface area contributed by atoms with Gasteiger partial charge in [-0.2, -0.15) is 0 Å². The number of benzene rings is 1. The topological polar surface area (TPSA) is 122 Å². The number of likely N-dealkylation sites (tertiary alicyclic amines) is 1. The Kier molecular flexibility index (Phi) is 5.50. The maximum Gasteiger partial charge on any atom is 0.408 e. The number of para-hydroxylation sites is 1. The molecule has 0 bridgehead atoms. The maximum absolute atomic E-state index is 13.0. The van der Waals surface area contributed by atoms with Gasteiger partial charge in [-0.15, -0.1) is 0 Å². The van der Waals surface area contributed by atoms with Crippen molar-refractivity contribution in [1.29, 1.82) is 0 Å². The summed E-state index contributed by atoms with van der Waals surface area (Å²) in [6.45, 7) is 1.66. The van der Waals surface area contributed by atoms with Gasteiger partial charge < -0.3 is 25.1 Å². The summed E-state index contributed by atoms with van der Waals surface area (Å²) < 4.78 is 0. The van der Waals surface area contributed by atoms with E-state index >= 15 is 0 Å². The molecule has 3 N–H and O–H groups in total. The highest BCUT2D eigenvalue weighted by molar-refractivity contribution is 5.91. The van der Waals surface area contributed by atoms with Crippen molar-refractivity contribution < 1.29 is 29.7 Å². The molecule has 2 aliphatic rings. The fraction of sp³-hybridized carbons (Fsp3) is 0.500. The number of carbonyl (C=O) groups excluding carboxylic acids is 1. The average molecular weight is 377 g/mol. The summed E-state index contributed by atoms with van der Waals surface area (Å²) in [7, 11) is 0. The SMILES string of the molecule is O=C(O)[C@H]1C[C@H](O)CN(C(=O)O)[C@@H]1C(=O)N1CCN(c2ccccc2)CC1. The van der Waals surface area contributed by atoms with Crippen LogP contribution in [-0.2, 0) is 9.59 Å². The first kappa shape index (κ1) is 19.0. The number of hydrogen-bond acceptors (Lipinski definition) is 5. The molecule has 2 fully saturated rings. The van der Waals surface area contributed by atoms with Crippen LogP contribution in [-0.4, -0.2) is 88.0 Å². The zero-order valence-corrected chi connectivity index (χ0v) is 14.8. The molecular weight excluding hydrogens is 354 g/mol. The summed E-state index contributed by atoms with van der Waals surface area (Å²) in [6.07, 6.45) is -2.64. The summed E-state index contributed by atoms with van der Waals surface area (Å²) in [6, 6.07) is 8.43. The van der Waals surface area contributed by atoms with Gasteiger partial charge in [0, 0.05) is 31.9 Å². The van der Waals surface area contributed by atoms with Crippen molar-refractivity contribution in [1.82, 2.24) is 9.80 Å². The normalized spacial score (nSPS) is 26.0. The largest absolute Gasteiger partial charge is 0.481 e. The summed E-state index contributed by atoms with van der Waals surface area (Å²) in [5.74, 6) is -3.05. The van der Waals surface area contributed by atoms with Crippen LogP contribution < -0.4 is 4.90 Å². The van der Waals surface area contributed by atoms with Crippen molar-refractivity contribution in [2.24, 2.45) is 5.92 Å². The second-order valence-corrected chi connectivity index (χ2v) is 6.86. The number of rotatable bonds is 3. The van der Waals surface area contributed by atoms with Gasteiger partial charge in [0.05, 0.1) is 18.6 Å². The Hall–Kier alpha value is -2.81. The molecular formula is C18H23N3O6. The van der Waals surface area contributed by atoms with Gasteiger partial charge in [0.2, 0.25) is 5.91 Å². The zero-order valence-electron chi connectivity index (χ0n) is 14.8. The number of anilines is 1. The molecule has 1 aromatic rings. The standard InChI is InChI=1S/C18H23N3O6/c22-13-10-14(17(24)25)15(21(11-13)18(26)27)16(23)20-8-6-19(7-9-20)12-4-2-1-3-5-12/h1-5,13-15,22H,6-11H2,(H,24,25)(H,26,27)/t13-,14-,15-/m0/s1. The van der Waals surface area contributed by atoms with Crippen LogP contribution >= 0.6 is 0 Å². The number of hydrogen-bond donors (Lipinski definition) is 3. The minimum absolute atomic E-state index is 0.139. The first-order valence-electron chi connectivity index (χ1n) is 8.87. The molecule has 27 heavy (non-hydrogen) atoms. The van der Waals surface area contributed by atoms with Crippen molar-refractivity contribution in [2.75, 3.05) is 37.6 Å². The van der Waals surface area contributed by atoms with E-state index in [0.29, 0.717) is 26.2 Å². The Morgan fingerprint density at radius 3 is 2.15 bits per heavy atom. The van der Waals surface area contributed by atoms with E-state index < -0.39 is 36.0 Å². The predicted octanol–water partition coefficient (Wildman–Crippen LogP) is 0.149. The number of amides is 2. The third kappa shape index (κ3) is 3.97. The average Bonchev–Trinajstić information content (AvgIpc) is 2.67. The number of carboxylic acid groups (broad SMARTS) is 2. The van der Waals surface area contributed by atoms with E-state index in [9.17, 15) is 29.7 Å². The molecule has 0 unspecified atom stereocenters. The van der Waals surface area contributed by atoms with E-state index in [-0.39, 0.29) is 13.0 Å². The van der Waals surface area contributed by atoms with Crippen molar-refractivity contribution in [3.8, 4) is 0 Å². The van der Waals surface area contributed by atoms with E-state index in [0.717, 1.165) is 10.6 Å². The van der Waals surface area contributed by atoms with Crippen molar-refractivity contribution in [2.45, 2.75) is 18.6 Å². The number of piperidine rings is 1. The molecule has 2 heterocycles. The third-order valence-electron chi connectivity index (χ3n) is 5.18. The monoisotopic (exact) mass is 377 g/mol. The van der Waals surface area contributed by atoms with Crippen LogP contribution in [0.2, 0.25) is 0 Å². The highest BCUT2D eigenvalue weighted by Crippen LogP contribution is 2.27. The summed E-state index contributed by atoms with van der Waals surface area (Å²) in [5.41, 5.74) is 1.04. The summed E-state index contributed by atoms with van der Waals surface area (Å²) >= 11 is 0. The van der Waals surface area contributed by atoms with E-state index in [2.05, 4.69) is 4.90 Å². The number of nitrogens with zero attached hydrogens (tertiary/aromatic N) is 3. The number of aliphatic carboxylic acids is 1. The molecule has 9 heteroatoms. The minimum atomic E-state index is -1.40. The highest BCUT2D eigenvalue weighted by Gasteiger charge is 2.47. The van der Waals surface area contributed by atoms with Crippen LogP contribution in [0.3, 0.4) is 0 Å². The predicted molar refractivity (Wildman–Crippen MR) is 95.5 cm³/mol. The van der Waals surface area contributed by atoms with Gasteiger partial charge in [0.25, 0.3) is 0 Å². The van der Waals surface area contributed by atoms with Crippen LogP contribution in [0, 0.1) is 5.92 Å². The van der Waals surface area contributed by atoms with Crippen LogP contribution in [0.1, 0.15) is 6.42 Å². The van der Waals surface area contributed by atoms with Crippen LogP contribution in [0.15, 0.2) is 30.3 Å². The summed E-state index contributed by atoms with van der Waals surface area (Å²) in [4.78, 5) is 40.5. The lowest BCUT2D eigenvalue weighted by Gasteiger charge is -2.43. The zero-order chi connectivity index (χ0) is 19.6. The lowest BCUT2D eigenvalue weighted by atomic mass is 9.86. The van der Waals surface area contributed by atoms with Crippen molar-refractivity contribution in [3.63, 3.8) is 0 Å². The van der Waals surface area contributed by atoms with Gasteiger partial charge >= 0.3 is 12.1 Å². The molecule has 0 aliphatic carbocycles. The van der Waals surface area contributed by atoms with Gasteiger partial charge in [0.1, 0.15) is 6.04 Å². The maximum atomic E-state index is 13.0. The van der Waals surface area contributed by atoms with Crippen LogP contribution in [0.5, 0.6) is 0 Å². The van der Waals surface area contributed by atoms with Crippen molar-refractivity contribution >= 4 is 23.7 Å². The molecule has 2 saturated heterocycles. The molecule has 2 aliphatic heterocycles. The Morgan fingerprint density at radius 2 is 1.59 bits per heavy atom. The molecule has 0 aromatic heterocycles. The van der Waals surface area contributed by atoms with E-state index in [1.807, 2.05) is 30.3 Å². The molecule has 0 saturated carbocycles. The lowest BCUT2D eigenvalue weighted by molar-refractivity contribution is -0.156. The number of piperazine rings is 1. The lowest BCUT2D eigenvalue weighted by Crippen LogP contribution is -2.63. The number of carboxylic acids is 1. The number of β-amino-alcohol motifs (C(OH)–C–C–N with tert-alkyl or cyclic N) is 1. The first-order valence-corrected chi connectivity index (χ1v) is 8.87. The first-order chi connectivity index (χ1) is 12.9. The fourth-order valence-corrected chi connectivity index (χ4v) is 3.80. The van der Waals surface area contributed by atoms with Gasteiger partial charge in [0.15, 0.2) is 0 Å². The molecule has 0 radical (unpaired) electrons. The van der Waals surface area contributed by atoms with Crippen LogP contribution in [0.4, 0.5) is 10.5 Å². The molecule has 2 amide bonds. The van der Waals surface area contributed by atoms with Crippen LogP contribution in [0.25, 0.3) is 0 Å². The molecule has 146 valence electrons. The van der Waals surface area contributed by atoms with E-state index in [4.69, 9.17) is 0 Å². The van der Waals surface area contributed by atoms with E-state index in [1.165, 1.54) is 4.90 Å². The quantitative estimate of drug-likeness (QED) is 0.685. The molecule has 9 nitrogen and oxygen atoms in total. The van der Waals surface area contributed by atoms with Gasteiger partial charge in [-0.3, -0.25) is 14.5 Å². The Labute approximate surface area is 156 Å². The Bertz CT molecular complexity index is 680.